The van der Waals surface area contributed by atoms with Crippen LogP contribution in [0.3, 0.4) is 0 Å². The third-order valence-electron chi connectivity index (χ3n) is 8.33. The van der Waals surface area contributed by atoms with E-state index >= 15 is 0 Å². The minimum atomic E-state index is -1.10. The summed E-state index contributed by atoms with van der Waals surface area (Å²) in [5, 5.41) is 18.6. The molecule has 0 saturated heterocycles. The van der Waals surface area contributed by atoms with Crippen molar-refractivity contribution in [2.24, 2.45) is 5.92 Å². The van der Waals surface area contributed by atoms with Gasteiger partial charge in [0, 0.05) is 6.42 Å². The number of Topliss-reactive ketones (excluding diaryl/α,β-unsaturated/α-hetero) is 1. The number of hydrogen-bond donors (Lipinski definition) is 2. The van der Waals surface area contributed by atoms with Gasteiger partial charge in [0.1, 0.15) is 24.4 Å². The van der Waals surface area contributed by atoms with Gasteiger partial charge in [0.25, 0.3) is 0 Å². The van der Waals surface area contributed by atoms with Crippen LogP contribution in [0.4, 0.5) is 0 Å². The van der Waals surface area contributed by atoms with Crippen LogP contribution < -0.4 is 0 Å². The number of hydrogen-bond acceptors (Lipinski definition) is 5. The lowest BCUT2D eigenvalue weighted by atomic mass is 9.93. The highest BCUT2D eigenvalue weighted by Gasteiger charge is 2.27. The SMILES string of the molecule is CCCCCCCC/C=C\CCCCCCC(C(=O)CCCCCCCCCCCCCCC)C(=O)OCC(O)CO. The number of esters is 1. The Morgan fingerprint density at radius 2 is 1.00 bits per heavy atom. The predicted molar refractivity (Wildman–Crippen MR) is 178 cm³/mol. The first-order valence-corrected chi connectivity index (χ1v) is 18.2. The minimum Gasteiger partial charge on any atom is -0.462 e. The van der Waals surface area contributed by atoms with Crippen LogP contribution in [-0.4, -0.2) is 41.3 Å². The van der Waals surface area contributed by atoms with Gasteiger partial charge in [-0.05, 0) is 38.5 Å². The van der Waals surface area contributed by atoms with Crippen molar-refractivity contribution < 1.29 is 24.5 Å². The standard InChI is InChI=1S/C37H70O5/c1-3-5-7-9-11-13-15-17-19-20-22-24-26-28-30-35(37(41)42-33-34(39)32-38)36(40)31-29-27-25-23-21-18-16-14-12-10-8-6-4-2/h17,19,34-35,38-39H,3-16,18,20-33H2,1-2H3/b19-17-. The molecule has 0 aliphatic carbocycles. The smallest absolute Gasteiger partial charge is 0.316 e. The van der Waals surface area contributed by atoms with E-state index in [0.29, 0.717) is 12.8 Å². The van der Waals surface area contributed by atoms with Crippen LogP contribution in [0.5, 0.6) is 0 Å². The molecule has 0 fully saturated rings. The zero-order valence-corrected chi connectivity index (χ0v) is 27.9. The van der Waals surface area contributed by atoms with E-state index in [9.17, 15) is 14.7 Å². The van der Waals surface area contributed by atoms with Gasteiger partial charge in [-0.2, -0.15) is 0 Å². The van der Waals surface area contributed by atoms with Gasteiger partial charge in [0.15, 0.2) is 0 Å². The highest BCUT2D eigenvalue weighted by atomic mass is 16.5. The fraction of sp³-hybridized carbons (Fsp3) is 0.892. The number of aliphatic hydroxyl groups excluding tert-OH is 2. The molecule has 2 N–H and O–H groups in total. The van der Waals surface area contributed by atoms with E-state index in [1.165, 1.54) is 109 Å². The molecule has 42 heavy (non-hydrogen) atoms. The molecule has 0 aliphatic rings. The van der Waals surface area contributed by atoms with Gasteiger partial charge in [0.05, 0.1) is 6.61 Å². The maximum Gasteiger partial charge on any atom is 0.316 e. The van der Waals surface area contributed by atoms with Crippen LogP contribution >= 0.6 is 0 Å². The predicted octanol–water partition coefficient (Wildman–Crippen LogP) is 10.2. The van der Waals surface area contributed by atoms with Crippen LogP contribution in [0.2, 0.25) is 0 Å². The molecule has 248 valence electrons. The van der Waals surface area contributed by atoms with E-state index in [4.69, 9.17) is 9.84 Å². The second kappa shape index (κ2) is 32.7. The third kappa shape index (κ3) is 27.6. The fourth-order valence-electron chi connectivity index (χ4n) is 5.48. The summed E-state index contributed by atoms with van der Waals surface area (Å²) >= 11 is 0. The summed E-state index contributed by atoms with van der Waals surface area (Å²) in [5.74, 6) is -1.32. The van der Waals surface area contributed by atoms with Gasteiger partial charge in [-0.25, -0.2) is 0 Å². The Bertz CT molecular complexity index is 617. The van der Waals surface area contributed by atoms with Crippen molar-refractivity contribution in [2.75, 3.05) is 13.2 Å². The molecule has 0 amide bonds. The monoisotopic (exact) mass is 595 g/mol. The Labute approximate surface area is 260 Å². The average Bonchev–Trinajstić information content (AvgIpc) is 2.99. The van der Waals surface area contributed by atoms with Crippen LogP contribution in [0.25, 0.3) is 0 Å². The molecule has 0 heterocycles. The molecule has 0 saturated carbocycles. The molecule has 2 unspecified atom stereocenters. The molecule has 5 heteroatoms. The molecule has 0 aliphatic heterocycles. The summed E-state index contributed by atoms with van der Waals surface area (Å²) in [5.41, 5.74) is 0. The molecule has 0 aromatic rings. The summed E-state index contributed by atoms with van der Waals surface area (Å²) in [7, 11) is 0. The van der Waals surface area contributed by atoms with E-state index in [1.807, 2.05) is 0 Å². The van der Waals surface area contributed by atoms with Crippen molar-refractivity contribution in [1.29, 1.82) is 0 Å². The Kier molecular flexibility index (Phi) is 31.8. The van der Waals surface area contributed by atoms with Crippen molar-refractivity contribution in [2.45, 2.75) is 193 Å². The summed E-state index contributed by atoms with van der Waals surface area (Å²) in [6.45, 7) is 3.79. The first kappa shape index (κ1) is 40.8. The Morgan fingerprint density at radius 1 is 0.595 bits per heavy atom. The number of aliphatic hydroxyl groups is 2. The summed E-state index contributed by atoms with van der Waals surface area (Å²) in [6.07, 6.45) is 35.2. The lowest BCUT2D eigenvalue weighted by Gasteiger charge is -2.16. The molecule has 2 atom stereocenters. The molecule has 0 rings (SSSR count). The van der Waals surface area contributed by atoms with Crippen molar-refractivity contribution in [3.05, 3.63) is 12.2 Å². The van der Waals surface area contributed by atoms with E-state index in [0.717, 1.165) is 51.4 Å². The number of rotatable bonds is 33. The Balaban J connectivity index is 4.10. The minimum absolute atomic E-state index is 0.0285. The van der Waals surface area contributed by atoms with Crippen LogP contribution in [0.15, 0.2) is 12.2 Å². The van der Waals surface area contributed by atoms with Gasteiger partial charge in [-0.15, -0.1) is 0 Å². The summed E-state index contributed by atoms with van der Waals surface area (Å²) in [6, 6.07) is 0. The largest absolute Gasteiger partial charge is 0.462 e. The topological polar surface area (TPSA) is 83.8 Å². The highest BCUT2D eigenvalue weighted by molar-refractivity contribution is 5.98. The second-order valence-electron chi connectivity index (χ2n) is 12.5. The van der Waals surface area contributed by atoms with Gasteiger partial charge in [0.2, 0.25) is 0 Å². The molecule has 0 bridgehead atoms. The van der Waals surface area contributed by atoms with Crippen molar-refractivity contribution in [3.8, 4) is 0 Å². The maximum absolute atomic E-state index is 12.9. The lowest BCUT2D eigenvalue weighted by molar-refractivity contribution is -0.155. The lowest BCUT2D eigenvalue weighted by Crippen LogP contribution is -2.30. The molecule has 5 nitrogen and oxygen atoms in total. The quantitative estimate of drug-likeness (QED) is 0.0342. The van der Waals surface area contributed by atoms with E-state index in [-0.39, 0.29) is 12.4 Å². The molecular formula is C37H70O5. The summed E-state index contributed by atoms with van der Waals surface area (Å²) < 4.78 is 5.19. The van der Waals surface area contributed by atoms with E-state index in [1.54, 1.807) is 0 Å². The van der Waals surface area contributed by atoms with Gasteiger partial charge >= 0.3 is 5.97 Å². The van der Waals surface area contributed by atoms with Crippen LogP contribution in [-0.2, 0) is 14.3 Å². The maximum atomic E-state index is 12.9. The van der Waals surface area contributed by atoms with Crippen molar-refractivity contribution in [1.82, 2.24) is 0 Å². The third-order valence-corrected chi connectivity index (χ3v) is 8.33. The van der Waals surface area contributed by atoms with E-state index in [2.05, 4.69) is 26.0 Å². The Hall–Kier alpha value is -1.20. The highest BCUT2D eigenvalue weighted by Crippen LogP contribution is 2.19. The first-order valence-electron chi connectivity index (χ1n) is 18.2. The van der Waals surface area contributed by atoms with Gasteiger partial charge in [-0.3, -0.25) is 9.59 Å². The Morgan fingerprint density at radius 3 is 1.45 bits per heavy atom. The fourth-order valence-corrected chi connectivity index (χ4v) is 5.48. The zero-order chi connectivity index (χ0) is 30.9. The number of ether oxygens (including phenoxy) is 1. The van der Waals surface area contributed by atoms with E-state index < -0.39 is 24.6 Å². The molecule has 0 radical (unpaired) electrons. The number of ketones is 1. The van der Waals surface area contributed by atoms with Gasteiger partial charge in [-0.1, -0.05) is 154 Å². The number of unbranched alkanes of at least 4 members (excludes halogenated alkanes) is 22. The molecular weight excluding hydrogens is 524 g/mol. The molecule has 0 aromatic heterocycles. The zero-order valence-electron chi connectivity index (χ0n) is 27.9. The second-order valence-corrected chi connectivity index (χ2v) is 12.5. The average molecular weight is 595 g/mol. The number of carbonyl (C=O) groups is 2. The molecule has 0 spiro atoms. The van der Waals surface area contributed by atoms with Crippen LogP contribution in [0, 0.1) is 5.92 Å². The normalized spacial score (nSPS) is 13.0. The molecule has 0 aromatic carbocycles. The van der Waals surface area contributed by atoms with Crippen molar-refractivity contribution in [3.63, 3.8) is 0 Å². The van der Waals surface area contributed by atoms with Crippen LogP contribution in [0.1, 0.15) is 187 Å². The van der Waals surface area contributed by atoms with Crippen molar-refractivity contribution >= 4 is 11.8 Å². The summed E-state index contributed by atoms with van der Waals surface area (Å²) in [4.78, 5) is 25.6. The first-order chi connectivity index (χ1) is 20.6. The number of carbonyl (C=O) groups excluding carboxylic acids is 2. The van der Waals surface area contributed by atoms with Gasteiger partial charge < -0.3 is 14.9 Å². The number of allylic oxidation sites excluding steroid dienone is 2.